The number of anilines is 2. The van der Waals surface area contributed by atoms with Crippen LogP contribution in [0.25, 0.3) is 11.1 Å². The number of rotatable bonds is 15. The number of carbonyl (C=O) groups excluding carboxylic acids is 2. The molecule has 2 aliphatic carbocycles. The van der Waals surface area contributed by atoms with Crippen LogP contribution in [0.1, 0.15) is 98.2 Å². The lowest BCUT2D eigenvalue weighted by atomic mass is 9.94. The van der Waals surface area contributed by atoms with Gasteiger partial charge in [-0.1, -0.05) is 24.3 Å². The van der Waals surface area contributed by atoms with E-state index in [2.05, 4.69) is 25.9 Å². The third kappa shape index (κ3) is 7.99. The summed E-state index contributed by atoms with van der Waals surface area (Å²) in [6, 6.07) is 13.9. The van der Waals surface area contributed by atoms with Crippen molar-refractivity contribution in [3.63, 3.8) is 0 Å². The third-order valence-electron chi connectivity index (χ3n) is 9.65. The number of ether oxygens (including phenoxy) is 2. The Hall–Kier alpha value is -5.01. The van der Waals surface area contributed by atoms with Crippen LogP contribution in [-0.2, 0) is 20.8 Å². The van der Waals surface area contributed by atoms with E-state index in [0.717, 1.165) is 70.2 Å². The van der Waals surface area contributed by atoms with Crippen LogP contribution < -0.4 is 16.0 Å². The van der Waals surface area contributed by atoms with Gasteiger partial charge in [0.1, 0.15) is 17.4 Å². The maximum atomic E-state index is 13.5. The first kappa shape index (κ1) is 35.8. The van der Waals surface area contributed by atoms with Crippen molar-refractivity contribution in [1.29, 1.82) is 0 Å². The average Bonchev–Trinajstić information content (AvgIpc) is 4.06. The lowest BCUT2D eigenvalue weighted by Gasteiger charge is -2.19. The van der Waals surface area contributed by atoms with Crippen molar-refractivity contribution in [3.8, 4) is 11.1 Å². The van der Waals surface area contributed by atoms with Gasteiger partial charge < -0.3 is 30.3 Å². The monoisotopic (exact) mass is 693 g/mol. The quantitative estimate of drug-likeness (QED) is 0.0952. The third-order valence-corrected chi connectivity index (χ3v) is 9.65. The first-order valence-corrected chi connectivity index (χ1v) is 17.1. The fourth-order valence-corrected chi connectivity index (χ4v) is 6.41. The topological polar surface area (TPSA) is 172 Å². The van der Waals surface area contributed by atoms with Gasteiger partial charge in [0.05, 0.1) is 6.61 Å². The minimum Gasteiger partial charge on any atom is -0.480 e. The molecule has 2 amide bonds. The summed E-state index contributed by atoms with van der Waals surface area (Å²) in [6.45, 7) is 3.57. The lowest BCUT2D eigenvalue weighted by Crippen LogP contribution is -2.39. The number of hydrogen-bond acceptors (Lipinski definition) is 9. The van der Waals surface area contributed by atoms with Crippen molar-refractivity contribution in [3.05, 3.63) is 106 Å². The van der Waals surface area contributed by atoms with E-state index in [0.29, 0.717) is 23.0 Å². The number of carbonyl (C=O) groups is 3. The smallest absolute Gasteiger partial charge is 0.323 e. The molecule has 0 spiro atoms. The Labute approximate surface area is 296 Å². The first-order valence-electron chi connectivity index (χ1n) is 17.1. The van der Waals surface area contributed by atoms with E-state index in [1.165, 1.54) is 0 Å². The number of aliphatic hydroxyl groups is 1. The molecule has 1 atom stereocenters. The predicted molar refractivity (Wildman–Crippen MR) is 192 cm³/mol. The highest BCUT2D eigenvalue weighted by Gasteiger charge is 2.31. The molecule has 5 N–H and O–H groups in total. The Bertz CT molecular complexity index is 1950. The number of hydrogen-bond donors (Lipinski definition) is 5. The molecule has 2 aromatic carbocycles. The molecule has 2 aromatic heterocycles. The highest BCUT2D eigenvalue weighted by atomic mass is 16.7. The summed E-state index contributed by atoms with van der Waals surface area (Å²) in [7, 11) is 3.16. The van der Waals surface area contributed by atoms with Crippen LogP contribution in [0.2, 0.25) is 0 Å². The zero-order chi connectivity index (χ0) is 36.2. The van der Waals surface area contributed by atoms with E-state index in [1.807, 2.05) is 56.3 Å². The molecular weight excluding hydrogens is 650 g/mol. The number of carboxylic acid groups (broad SMARTS) is 1. The molecule has 51 heavy (non-hydrogen) atoms. The standard InChI is InChI=1S/C39H43N5O7/c1-21-26(7-5-9-31(21)43-36(46)33-15-28(23-11-12-23)25(17-40-33)18-41-35(20-45)38(48)49)27-8-6-10-32(22(27)2)44-37(47)34-16-29(24-13-14-24)30(19-42-34)39(50-3)51-4/h5-10,15-17,19,23-24,35,39,41,45H,11-14,18,20H2,1-4H3,(H,43,46)(H,44,47)(H,48,49). The molecule has 1 unspecified atom stereocenters. The van der Waals surface area contributed by atoms with Crippen LogP contribution >= 0.6 is 0 Å². The number of nitrogens with one attached hydrogen (secondary N) is 3. The summed E-state index contributed by atoms with van der Waals surface area (Å²) in [5, 5.41) is 27.5. The Morgan fingerprint density at radius 3 is 1.80 bits per heavy atom. The second kappa shape index (κ2) is 15.5. The summed E-state index contributed by atoms with van der Waals surface area (Å²) in [5.74, 6) is -1.18. The fourth-order valence-electron chi connectivity index (χ4n) is 6.41. The minimum atomic E-state index is -1.14. The molecule has 6 rings (SSSR count). The Kier molecular flexibility index (Phi) is 10.9. The first-order chi connectivity index (χ1) is 24.6. The second-order valence-electron chi connectivity index (χ2n) is 13.1. The van der Waals surface area contributed by atoms with Crippen molar-refractivity contribution in [2.24, 2.45) is 0 Å². The summed E-state index contributed by atoms with van der Waals surface area (Å²) < 4.78 is 10.9. The van der Waals surface area contributed by atoms with E-state index >= 15 is 0 Å². The van der Waals surface area contributed by atoms with Crippen LogP contribution in [0.4, 0.5) is 11.4 Å². The van der Waals surface area contributed by atoms with E-state index in [-0.39, 0.29) is 30.0 Å². The molecule has 2 heterocycles. The van der Waals surface area contributed by atoms with Crippen molar-refractivity contribution < 1.29 is 34.1 Å². The van der Waals surface area contributed by atoms with Gasteiger partial charge in [-0.3, -0.25) is 29.7 Å². The van der Waals surface area contributed by atoms with E-state index < -0.39 is 24.9 Å². The largest absolute Gasteiger partial charge is 0.480 e. The van der Waals surface area contributed by atoms with Crippen molar-refractivity contribution >= 4 is 29.2 Å². The van der Waals surface area contributed by atoms with Gasteiger partial charge in [-0.15, -0.1) is 0 Å². The average molecular weight is 694 g/mol. The Balaban J connectivity index is 1.19. The maximum absolute atomic E-state index is 13.5. The van der Waals surface area contributed by atoms with Crippen molar-refractivity contribution in [1.82, 2.24) is 15.3 Å². The zero-order valence-electron chi connectivity index (χ0n) is 29.2. The number of nitrogens with zero attached hydrogens (tertiary/aromatic N) is 2. The number of aliphatic carboxylic acids is 1. The molecule has 0 saturated heterocycles. The maximum Gasteiger partial charge on any atom is 0.323 e. The molecule has 2 saturated carbocycles. The molecule has 2 aliphatic rings. The minimum absolute atomic E-state index is 0.214. The van der Waals surface area contributed by atoms with Crippen molar-refractivity contribution in [2.75, 3.05) is 31.5 Å². The van der Waals surface area contributed by atoms with Crippen LogP contribution in [0.3, 0.4) is 0 Å². The molecule has 0 radical (unpaired) electrons. The van der Waals surface area contributed by atoms with Gasteiger partial charge in [-0.2, -0.15) is 0 Å². The van der Waals surface area contributed by atoms with Gasteiger partial charge >= 0.3 is 5.97 Å². The summed E-state index contributed by atoms with van der Waals surface area (Å²) in [5.41, 5.74) is 8.96. The summed E-state index contributed by atoms with van der Waals surface area (Å²) in [4.78, 5) is 47.2. The van der Waals surface area contributed by atoms with E-state index in [4.69, 9.17) is 9.47 Å². The molecule has 0 bridgehead atoms. The van der Waals surface area contributed by atoms with Crippen LogP contribution in [0, 0.1) is 13.8 Å². The van der Waals surface area contributed by atoms with Gasteiger partial charge in [-0.05, 0) is 115 Å². The number of aromatic nitrogens is 2. The number of amides is 2. The number of pyridine rings is 2. The fraction of sp³-hybridized carbons (Fsp3) is 0.359. The van der Waals surface area contributed by atoms with Crippen molar-refractivity contribution in [2.45, 2.75) is 70.2 Å². The van der Waals surface area contributed by atoms with E-state index in [1.54, 1.807) is 32.7 Å². The molecule has 2 fully saturated rings. The van der Waals surface area contributed by atoms with Gasteiger partial charge in [0.15, 0.2) is 6.29 Å². The Morgan fingerprint density at radius 2 is 1.31 bits per heavy atom. The molecular formula is C39H43N5O7. The van der Waals surface area contributed by atoms with Gasteiger partial charge in [-0.25, -0.2) is 0 Å². The number of benzene rings is 2. The predicted octanol–water partition coefficient (Wildman–Crippen LogP) is 5.85. The van der Waals surface area contributed by atoms with Crippen LogP contribution in [0.15, 0.2) is 60.9 Å². The molecule has 12 nitrogen and oxygen atoms in total. The lowest BCUT2D eigenvalue weighted by molar-refractivity contribution is -0.140. The highest BCUT2D eigenvalue weighted by molar-refractivity contribution is 6.05. The van der Waals surface area contributed by atoms with Gasteiger partial charge in [0, 0.05) is 50.1 Å². The van der Waals surface area contributed by atoms with E-state index in [9.17, 15) is 24.6 Å². The molecule has 4 aromatic rings. The number of aliphatic hydroxyl groups excluding tert-OH is 1. The molecule has 0 aliphatic heterocycles. The highest BCUT2D eigenvalue weighted by Crippen LogP contribution is 2.44. The van der Waals surface area contributed by atoms with Crippen LogP contribution in [0.5, 0.6) is 0 Å². The SMILES string of the molecule is COC(OC)c1cnc(C(=O)Nc2cccc(-c3cccc(NC(=O)c4cc(C5CC5)c(CNC(CO)C(=O)O)cn4)c3C)c2C)cc1C1CC1. The summed E-state index contributed by atoms with van der Waals surface area (Å²) in [6.07, 6.45) is 6.76. The second-order valence-corrected chi connectivity index (χ2v) is 13.1. The van der Waals surface area contributed by atoms with Crippen LogP contribution in [-0.4, -0.2) is 64.8 Å². The van der Waals surface area contributed by atoms with Gasteiger partial charge in [0.25, 0.3) is 11.8 Å². The normalized spacial score (nSPS) is 14.7. The van der Waals surface area contributed by atoms with Gasteiger partial charge in [0.2, 0.25) is 0 Å². The molecule has 12 heteroatoms. The summed E-state index contributed by atoms with van der Waals surface area (Å²) >= 11 is 0. The number of methoxy groups -OCH3 is 2. The zero-order valence-corrected chi connectivity index (χ0v) is 29.2. The number of carboxylic acids is 1. The molecule has 266 valence electrons. The Morgan fingerprint density at radius 1 is 0.804 bits per heavy atom.